The summed E-state index contributed by atoms with van der Waals surface area (Å²) in [5.74, 6) is -0.199. The molecular formula is C17H25N3O4. The van der Waals surface area contributed by atoms with Crippen LogP contribution in [0.4, 0.5) is 5.69 Å². The van der Waals surface area contributed by atoms with E-state index in [9.17, 15) is 14.9 Å². The largest absolute Gasteiger partial charge is 0.459 e. The summed E-state index contributed by atoms with van der Waals surface area (Å²) in [6.45, 7) is 9.80. The summed E-state index contributed by atoms with van der Waals surface area (Å²) in [5, 5.41) is 10.8. The van der Waals surface area contributed by atoms with E-state index in [-0.39, 0.29) is 16.6 Å². The van der Waals surface area contributed by atoms with Crippen LogP contribution in [-0.4, -0.2) is 59.0 Å². The number of non-ortho nitro benzene ring substituents is 1. The van der Waals surface area contributed by atoms with Crippen LogP contribution in [0.15, 0.2) is 24.3 Å². The number of nitro groups is 1. The molecule has 0 N–H and O–H groups in total. The zero-order valence-electron chi connectivity index (χ0n) is 14.5. The molecule has 1 fully saturated rings. The van der Waals surface area contributed by atoms with Gasteiger partial charge in [-0.15, -0.1) is 0 Å². The maximum Gasteiger partial charge on any atom is 0.320 e. The SMILES string of the molecule is CC(C)(C)OC(=O)CN1CCN(Cc2cccc([N+](=O)[O-])c2)CC1. The molecule has 1 heterocycles. The minimum atomic E-state index is -0.457. The fourth-order valence-electron chi connectivity index (χ4n) is 2.69. The predicted molar refractivity (Wildman–Crippen MR) is 90.7 cm³/mol. The van der Waals surface area contributed by atoms with Crippen molar-refractivity contribution in [3.63, 3.8) is 0 Å². The van der Waals surface area contributed by atoms with E-state index in [0.717, 1.165) is 31.7 Å². The lowest BCUT2D eigenvalue weighted by atomic mass is 10.1. The molecule has 0 amide bonds. The first-order chi connectivity index (χ1) is 11.2. The van der Waals surface area contributed by atoms with E-state index in [1.54, 1.807) is 12.1 Å². The van der Waals surface area contributed by atoms with Crippen LogP contribution < -0.4 is 0 Å². The molecule has 132 valence electrons. The first-order valence-corrected chi connectivity index (χ1v) is 8.13. The van der Waals surface area contributed by atoms with Gasteiger partial charge in [0.2, 0.25) is 0 Å². The number of esters is 1. The summed E-state index contributed by atoms with van der Waals surface area (Å²) in [4.78, 5) is 26.6. The maximum atomic E-state index is 11.9. The third-order valence-corrected chi connectivity index (χ3v) is 3.77. The Kier molecular flexibility index (Phi) is 5.90. The first kappa shape index (κ1) is 18.4. The highest BCUT2D eigenvalue weighted by molar-refractivity contribution is 5.72. The van der Waals surface area contributed by atoms with Crippen molar-refractivity contribution in [2.75, 3.05) is 32.7 Å². The standard InChI is InChI=1S/C17H25N3O4/c1-17(2,3)24-16(21)13-19-9-7-18(8-10-19)12-14-5-4-6-15(11-14)20(22)23/h4-6,11H,7-10,12-13H2,1-3H3. The number of rotatable bonds is 5. The number of ether oxygens (including phenoxy) is 1. The highest BCUT2D eigenvalue weighted by Crippen LogP contribution is 2.16. The second kappa shape index (κ2) is 7.72. The van der Waals surface area contributed by atoms with Gasteiger partial charge >= 0.3 is 5.97 Å². The minimum absolute atomic E-state index is 0.121. The van der Waals surface area contributed by atoms with Crippen molar-refractivity contribution in [1.82, 2.24) is 9.80 Å². The first-order valence-electron chi connectivity index (χ1n) is 8.13. The van der Waals surface area contributed by atoms with Crippen molar-refractivity contribution in [2.24, 2.45) is 0 Å². The van der Waals surface area contributed by atoms with Gasteiger partial charge in [-0.1, -0.05) is 12.1 Å². The highest BCUT2D eigenvalue weighted by Gasteiger charge is 2.22. The molecule has 0 aromatic heterocycles. The number of nitrogens with zero attached hydrogens (tertiary/aromatic N) is 3. The van der Waals surface area contributed by atoms with Crippen LogP contribution in [0.3, 0.4) is 0 Å². The molecule has 24 heavy (non-hydrogen) atoms. The minimum Gasteiger partial charge on any atom is -0.459 e. The summed E-state index contributed by atoms with van der Waals surface area (Å²) in [6, 6.07) is 6.74. The number of piperazine rings is 1. The van der Waals surface area contributed by atoms with Crippen LogP contribution in [-0.2, 0) is 16.1 Å². The lowest BCUT2D eigenvalue weighted by Crippen LogP contribution is -2.48. The van der Waals surface area contributed by atoms with Crippen LogP contribution in [0.25, 0.3) is 0 Å². The van der Waals surface area contributed by atoms with Crippen molar-refractivity contribution < 1.29 is 14.5 Å². The summed E-state index contributed by atoms with van der Waals surface area (Å²) < 4.78 is 5.34. The van der Waals surface area contributed by atoms with Gasteiger partial charge in [-0.25, -0.2) is 0 Å². The van der Waals surface area contributed by atoms with Crippen LogP contribution in [0.1, 0.15) is 26.3 Å². The smallest absolute Gasteiger partial charge is 0.320 e. The fourth-order valence-corrected chi connectivity index (χ4v) is 2.69. The summed E-state index contributed by atoms with van der Waals surface area (Å²) >= 11 is 0. The molecule has 1 aromatic rings. The molecule has 7 heteroatoms. The second-order valence-electron chi connectivity index (χ2n) is 7.07. The molecule has 2 rings (SSSR count). The average molecular weight is 335 g/mol. The van der Waals surface area contributed by atoms with Gasteiger partial charge in [0.15, 0.2) is 0 Å². The van der Waals surface area contributed by atoms with E-state index in [1.807, 2.05) is 26.8 Å². The number of hydrogen-bond donors (Lipinski definition) is 0. The Hall–Kier alpha value is -1.99. The Morgan fingerprint density at radius 1 is 1.21 bits per heavy atom. The van der Waals surface area contributed by atoms with Crippen molar-refractivity contribution in [1.29, 1.82) is 0 Å². The van der Waals surface area contributed by atoms with Crippen LogP contribution in [0.5, 0.6) is 0 Å². The van der Waals surface area contributed by atoms with Crippen molar-refractivity contribution in [3.05, 3.63) is 39.9 Å². The van der Waals surface area contributed by atoms with Gasteiger partial charge in [-0.05, 0) is 26.3 Å². The summed E-state index contributed by atoms with van der Waals surface area (Å²) in [7, 11) is 0. The maximum absolute atomic E-state index is 11.9. The Balaban J connectivity index is 1.80. The molecule has 0 radical (unpaired) electrons. The van der Waals surface area contributed by atoms with Crippen LogP contribution >= 0.6 is 0 Å². The summed E-state index contributed by atoms with van der Waals surface area (Å²) in [5.41, 5.74) is 0.599. The Labute approximate surface area is 142 Å². The van der Waals surface area contributed by atoms with Crippen LogP contribution in [0.2, 0.25) is 0 Å². The molecule has 0 atom stereocenters. The van der Waals surface area contributed by atoms with E-state index in [2.05, 4.69) is 9.80 Å². The number of hydrogen-bond acceptors (Lipinski definition) is 6. The van der Waals surface area contributed by atoms with Gasteiger partial charge in [0, 0.05) is 44.9 Å². The number of carbonyl (C=O) groups excluding carboxylic acids is 1. The average Bonchev–Trinajstić information content (AvgIpc) is 2.47. The van der Waals surface area contributed by atoms with Gasteiger partial charge in [0.25, 0.3) is 5.69 Å². The summed E-state index contributed by atoms with van der Waals surface area (Å²) in [6.07, 6.45) is 0. The Morgan fingerprint density at radius 3 is 2.42 bits per heavy atom. The van der Waals surface area contributed by atoms with E-state index in [0.29, 0.717) is 13.1 Å². The molecule has 7 nitrogen and oxygen atoms in total. The zero-order chi connectivity index (χ0) is 17.7. The molecule has 1 aromatic carbocycles. The number of nitro benzene ring substituents is 1. The Bertz CT molecular complexity index is 590. The topological polar surface area (TPSA) is 75.9 Å². The molecule has 0 bridgehead atoms. The molecule has 1 aliphatic heterocycles. The van der Waals surface area contributed by atoms with Gasteiger partial charge in [-0.2, -0.15) is 0 Å². The van der Waals surface area contributed by atoms with Gasteiger partial charge in [-0.3, -0.25) is 24.7 Å². The van der Waals surface area contributed by atoms with Crippen LogP contribution in [0, 0.1) is 10.1 Å². The lowest BCUT2D eigenvalue weighted by molar-refractivity contribution is -0.384. The lowest BCUT2D eigenvalue weighted by Gasteiger charge is -2.34. The number of carbonyl (C=O) groups is 1. The second-order valence-corrected chi connectivity index (χ2v) is 7.07. The molecule has 0 unspecified atom stereocenters. The number of benzene rings is 1. The Morgan fingerprint density at radius 2 is 1.83 bits per heavy atom. The monoisotopic (exact) mass is 335 g/mol. The van der Waals surface area contributed by atoms with Crippen molar-refractivity contribution >= 4 is 11.7 Å². The molecule has 0 saturated carbocycles. The van der Waals surface area contributed by atoms with Gasteiger partial charge in [0.05, 0.1) is 11.5 Å². The molecule has 1 saturated heterocycles. The third kappa shape index (κ3) is 5.90. The van der Waals surface area contributed by atoms with E-state index in [4.69, 9.17) is 4.74 Å². The molecule has 0 aliphatic carbocycles. The predicted octanol–water partition coefficient (Wildman–Crippen LogP) is 2.05. The quantitative estimate of drug-likeness (QED) is 0.466. The van der Waals surface area contributed by atoms with Crippen molar-refractivity contribution in [3.8, 4) is 0 Å². The third-order valence-electron chi connectivity index (χ3n) is 3.77. The molecular weight excluding hydrogens is 310 g/mol. The molecule has 1 aliphatic rings. The van der Waals surface area contributed by atoms with E-state index >= 15 is 0 Å². The highest BCUT2D eigenvalue weighted by atomic mass is 16.6. The van der Waals surface area contributed by atoms with E-state index in [1.165, 1.54) is 6.07 Å². The normalized spacial score (nSPS) is 16.8. The zero-order valence-corrected chi connectivity index (χ0v) is 14.5. The van der Waals surface area contributed by atoms with Crippen molar-refractivity contribution in [2.45, 2.75) is 32.9 Å². The van der Waals surface area contributed by atoms with E-state index < -0.39 is 5.60 Å². The molecule has 0 spiro atoms. The van der Waals surface area contributed by atoms with Gasteiger partial charge in [0.1, 0.15) is 5.60 Å². The van der Waals surface area contributed by atoms with Gasteiger partial charge < -0.3 is 4.74 Å². The fraction of sp³-hybridized carbons (Fsp3) is 0.588.